The van der Waals surface area contributed by atoms with Crippen LogP contribution in [0.4, 0.5) is 4.39 Å². The normalized spacial score (nSPS) is 13.7. The largest absolute Gasteiger partial charge is 0.300 e. The van der Waals surface area contributed by atoms with Gasteiger partial charge in [0.15, 0.2) is 0 Å². The molecule has 2 heteroatoms. The third-order valence-corrected chi connectivity index (χ3v) is 4.71. The first kappa shape index (κ1) is 21.9. The lowest BCUT2D eigenvalue weighted by Crippen LogP contribution is -2.06. The Morgan fingerprint density at radius 3 is 2.42 bits per heavy atom. The lowest BCUT2D eigenvalue weighted by molar-refractivity contribution is 0.374. The third kappa shape index (κ3) is 7.00. The van der Waals surface area contributed by atoms with Crippen molar-refractivity contribution in [2.45, 2.75) is 65.5 Å². The van der Waals surface area contributed by atoms with E-state index in [-0.39, 0.29) is 0 Å². The van der Waals surface area contributed by atoms with Crippen molar-refractivity contribution >= 4 is 5.71 Å². The fourth-order valence-corrected chi connectivity index (χ4v) is 3.15. The van der Waals surface area contributed by atoms with Crippen LogP contribution in [0.5, 0.6) is 0 Å². The second-order valence-electron chi connectivity index (χ2n) is 6.99. The molecule has 0 saturated heterocycles. The first-order chi connectivity index (χ1) is 12.4. The monoisotopic (exact) mass is 353 g/mol. The molecule has 0 spiro atoms. The number of benzene rings is 1. The highest BCUT2D eigenvalue weighted by Crippen LogP contribution is 2.23. The van der Waals surface area contributed by atoms with Gasteiger partial charge in [-0.05, 0) is 55.7 Å². The van der Waals surface area contributed by atoms with Crippen molar-refractivity contribution in [2.75, 3.05) is 0 Å². The number of nitrogens with one attached hydrogen (secondary N) is 1. The fraction of sp³-hybridized carbons (Fsp3) is 0.458. The molecule has 0 heterocycles. The second-order valence-corrected chi connectivity index (χ2v) is 6.99. The predicted molar refractivity (Wildman–Crippen MR) is 111 cm³/mol. The van der Waals surface area contributed by atoms with Gasteiger partial charge < -0.3 is 0 Å². The number of terminal acetylenes is 1. The van der Waals surface area contributed by atoms with Crippen LogP contribution < -0.4 is 0 Å². The molecule has 0 saturated carbocycles. The van der Waals surface area contributed by atoms with E-state index in [4.69, 9.17) is 11.8 Å². The second kappa shape index (κ2) is 11.5. The highest BCUT2D eigenvalue weighted by Gasteiger charge is 2.11. The van der Waals surface area contributed by atoms with Crippen LogP contribution in [0, 0.1) is 23.7 Å². The van der Waals surface area contributed by atoms with Crippen LogP contribution in [0.2, 0.25) is 0 Å². The predicted octanol–water partition coefficient (Wildman–Crippen LogP) is 7.20. The topological polar surface area (TPSA) is 23.9 Å². The molecule has 2 atom stereocenters. The summed E-state index contributed by atoms with van der Waals surface area (Å²) in [6.07, 6.45) is 12.8. The summed E-state index contributed by atoms with van der Waals surface area (Å²) in [6, 6.07) is 7.14. The van der Waals surface area contributed by atoms with E-state index in [1.165, 1.54) is 19.8 Å². The molecule has 140 valence electrons. The van der Waals surface area contributed by atoms with E-state index >= 15 is 0 Å². The molecule has 0 aromatic heterocycles. The number of alkyl halides is 1. The summed E-state index contributed by atoms with van der Waals surface area (Å²) in [5.74, 6) is 3.37. The van der Waals surface area contributed by atoms with Crippen molar-refractivity contribution < 1.29 is 4.39 Å². The lowest BCUT2D eigenvalue weighted by Gasteiger charge is -2.15. The molecular formula is C24H32FN. The zero-order chi connectivity index (χ0) is 19.5. The third-order valence-electron chi connectivity index (χ3n) is 4.71. The molecule has 2 unspecified atom stereocenters. The zero-order valence-electron chi connectivity index (χ0n) is 16.4. The molecule has 1 aromatic carbocycles. The molecule has 26 heavy (non-hydrogen) atoms. The van der Waals surface area contributed by atoms with Gasteiger partial charge in [0, 0.05) is 12.0 Å². The van der Waals surface area contributed by atoms with Crippen LogP contribution in [-0.4, -0.2) is 5.71 Å². The van der Waals surface area contributed by atoms with E-state index in [0.717, 1.165) is 42.4 Å². The van der Waals surface area contributed by atoms with Gasteiger partial charge in [-0.25, -0.2) is 4.39 Å². The molecular weight excluding hydrogens is 321 g/mol. The van der Waals surface area contributed by atoms with Crippen molar-refractivity contribution in [2.24, 2.45) is 5.92 Å². The molecule has 1 nitrogen and oxygen atoms in total. The maximum Gasteiger partial charge on any atom is 0.122 e. The standard InChI is InChI=1S/C24H32FN/c1-6-8-11-20(10-7-2)12-9-13-23(18(3)4)24(26)22-16-14-21(15-17-22)19(5)25/h1,13-17,19-20,26H,3,7-12H2,2,4-5H3/b23-13-,26-24?. The molecule has 0 radical (unpaired) electrons. The van der Waals surface area contributed by atoms with Crippen molar-refractivity contribution in [3.63, 3.8) is 0 Å². The van der Waals surface area contributed by atoms with Crippen molar-refractivity contribution in [3.05, 3.63) is 59.2 Å². The van der Waals surface area contributed by atoms with Gasteiger partial charge in [0.1, 0.15) is 6.17 Å². The molecule has 0 aliphatic rings. The van der Waals surface area contributed by atoms with Crippen LogP contribution in [0.1, 0.15) is 76.6 Å². The van der Waals surface area contributed by atoms with E-state index < -0.39 is 6.17 Å². The van der Waals surface area contributed by atoms with Gasteiger partial charge in [-0.1, -0.05) is 56.7 Å². The van der Waals surface area contributed by atoms with Gasteiger partial charge in [0.25, 0.3) is 0 Å². The maximum atomic E-state index is 13.4. The van der Waals surface area contributed by atoms with Crippen LogP contribution in [-0.2, 0) is 0 Å². The summed E-state index contributed by atoms with van der Waals surface area (Å²) >= 11 is 0. The minimum absolute atomic E-state index is 0.450. The SMILES string of the molecule is C#CCCC(CCC)CC/C=C(/C(=C)C)C(=N)c1ccc(C(C)F)cc1. The summed E-state index contributed by atoms with van der Waals surface area (Å²) in [4.78, 5) is 0. The van der Waals surface area contributed by atoms with Gasteiger partial charge >= 0.3 is 0 Å². The number of hydrogen-bond acceptors (Lipinski definition) is 1. The molecule has 0 aliphatic carbocycles. The summed E-state index contributed by atoms with van der Waals surface area (Å²) in [6.45, 7) is 9.69. The van der Waals surface area contributed by atoms with E-state index in [9.17, 15) is 4.39 Å². The Labute approximate surface area is 158 Å². The quantitative estimate of drug-likeness (QED) is 0.247. The Kier molecular flexibility index (Phi) is 9.66. The van der Waals surface area contributed by atoms with Crippen LogP contribution in [0.15, 0.2) is 48.1 Å². The van der Waals surface area contributed by atoms with E-state index in [1.54, 1.807) is 12.1 Å². The Morgan fingerprint density at radius 1 is 1.27 bits per heavy atom. The Hall–Kier alpha value is -2.14. The fourth-order valence-electron chi connectivity index (χ4n) is 3.15. The average molecular weight is 354 g/mol. The van der Waals surface area contributed by atoms with Gasteiger partial charge in [-0.2, -0.15) is 0 Å². The highest BCUT2D eigenvalue weighted by atomic mass is 19.1. The summed E-state index contributed by atoms with van der Waals surface area (Å²) < 4.78 is 13.4. The molecule has 1 aromatic rings. The van der Waals surface area contributed by atoms with Crippen LogP contribution in [0.25, 0.3) is 0 Å². The number of halogens is 1. The molecule has 0 aliphatic heterocycles. The molecule has 1 rings (SSSR count). The molecule has 0 fully saturated rings. The van der Waals surface area contributed by atoms with E-state index in [2.05, 4.69) is 25.5 Å². The van der Waals surface area contributed by atoms with E-state index in [0.29, 0.717) is 17.2 Å². The van der Waals surface area contributed by atoms with Crippen LogP contribution >= 0.6 is 0 Å². The average Bonchev–Trinajstić information content (AvgIpc) is 2.62. The minimum Gasteiger partial charge on any atom is -0.300 e. The number of allylic oxidation sites excluding steroid dienone is 3. The lowest BCUT2D eigenvalue weighted by atomic mass is 9.91. The minimum atomic E-state index is -0.993. The van der Waals surface area contributed by atoms with Crippen molar-refractivity contribution in [3.8, 4) is 12.3 Å². The van der Waals surface area contributed by atoms with Gasteiger partial charge in [0.05, 0.1) is 5.71 Å². The smallest absolute Gasteiger partial charge is 0.122 e. The zero-order valence-corrected chi connectivity index (χ0v) is 16.4. The first-order valence-electron chi connectivity index (χ1n) is 9.53. The highest BCUT2D eigenvalue weighted by molar-refractivity contribution is 6.13. The molecule has 1 N–H and O–H groups in total. The number of rotatable bonds is 11. The Morgan fingerprint density at radius 2 is 1.92 bits per heavy atom. The summed E-state index contributed by atoms with van der Waals surface area (Å²) in [5.41, 5.74) is 3.64. The maximum absolute atomic E-state index is 13.4. The van der Waals surface area contributed by atoms with Gasteiger partial charge in [-0.3, -0.25) is 5.41 Å². The summed E-state index contributed by atoms with van der Waals surface area (Å²) in [5, 5.41) is 8.52. The van der Waals surface area contributed by atoms with Crippen LogP contribution in [0.3, 0.4) is 0 Å². The van der Waals surface area contributed by atoms with E-state index in [1.807, 2.05) is 19.1 Å². The van der Waals surface area contributed by atoms with Gasteiger partial charge in [0.2, 0.25) is 0 Å². The Bertz CT molecular complexity index is 658. The van der Waals surface area contributed by atoms with Crippen molar-refractivity contribution in [1.29, 1.82) is 5.41 Å². The van der Waals surface area contributed by atoms with Gasteiger partial charge in [-0.15, -0.1) is 12.3 Å². The number of hydrogen-bond donors (Lipinski definition) is 1. The Balaban J connectivity index is 2.83. The molecule has 0 amide bonds. The van der Waals surface area contributed by atoms with Crippen molar-refractivity contribution in [1.82, 2.24) is 0 Å². The molecule has 0 bridgehead atoms. The summed E-state index contributed by atoms with van der Waals surface area (Å²) in [7, 11) is 0. The first-order valence-corrected chi connectivity index (χ1v) is 9.53.